The van der Waals surface area contributed by atoms with Gasteiger partial charge in [0.1, 0.15) is 11.4 Å². The Bertz CT molecular complexity index is 1100. The predicted octanol–water partition coefficient (Wildman–Crippen LogP) is 5.05. The Morgan fingerprint density at radius 2 is 2.03 bits per heavy atom. The van der Waals surface area contributed by atoms with E-state index in [1.54, 1.807) is 12.0 Å². The van der Waals surface area contributed by atoms with E-state index in [0.717, 1.165) is 35.3 Å². The summed E-state index contributed by atoms with van der Waals surface area (Å²) >= 11 is 0. The Morgan fingerprint density at radius 1 is 1.22 bits per heavy atom. The molecule has 2 aromatic carbocycles. The number of aromatic nitrogens is 2. The number of aryl methyl sites for hydroxylation is 1. The van der Waals surface area contributed by atoms with Gasteiger partial charge in [-0.25, -0.2) is 4.79 Å². The van der Waals surface area contributed by atoms with E-state index in [4.69, 9.17) is 14.0 Å². The lowest BCUT2D eigenvalue weighted by molar-refractivity contribution is 0.0578. The fraction of sp³-hybridized carbons (Fsp3) is 0.375. The molecule has 8 nitrogen and oxygen atoms in total. The van der Waals surface area contributed by atoms with Crippen molar-refractivity contribution in [2.45, 2.75) is 45.8 Å². The van der Waals surface area contributed by atoms with Gasteiger partial charge in [0.2, 0.25) is 11.7 Å². The minimum atomic E-state index is -0.540. The quantitative estimate of drug-likeness (QED) is 0.599. The molecule has 0 spiro atoms. The van der Waals surface area contributed by atoms with E-state index in [2.05, 4.69) is 15.5 Å². The Labute approximate surface area is 187 Å². The van der Waals surface area contributed by atoms with Crippen molar-refractivity contribution in [3.63, 3.8) is 0 Å². The first-order valence-corrected chi connectivity index (χ1v) is 10.7. The number of carbonyl (C=O) groups excluding carboxylic acids is 1. The van der Waals surface area contributed by atoms with Crippen LogP contribution in [0.25, 0.3) is 11.4 Å². The van der Waals surface area contributed by atoms with Gasteiger partial charge < -0.3 is 19.3 Å². The summed E-state index contributed by atoms with van der Waals surface area (Å²) in [6.07, 6.45) is 1.52. The summed E-state index contributed by atoms with van der Waals surface area (Å²) < 4.78 is 16.4. The zero-order valence-electron chi connectivity index (χ0n) is 18.8. The number of nitrogens with one attached hydrogen (secondary N) is 1. The molecule has 0 radical (unpaired) electrons. The van der Waals surface area contributed by atoms with Crippen molar-refractivity contribution in [1.29, 1.82) is 0 Å². The van der Waals surface area contributed by atoms with E-state index in [-0.39, 0.29) is 6.09 Å². The van der Waals surface area contributed by atoms with Crippen LogP contribution in [-0.4, -0.2) is 35.5 Å². The maximum atomic E-state index is 12.7. The lowest BCUT2D eigenvalue weighted by Crippen LogP contribution is -2.39. The maximum Gasteiger partial charge on any atom is 0.414 e. The van der Waals surface area contributed by atoms with Gasteiger partial charge in [-0.3, -0.25) is 4.90 Å². The number of ether oxygens (including phenoxy) is 2. The summed E-state index contributed by atoms with van der Waals surface area (Å²) in [5, 5.41) is 7.38. The van der Waals surface area contributed by atoms with Gasteiger partial charge in [0.25, 0.3) is 0 Å². The van der Waals surface area contributed by atoms with Gasteiger partial charge in [-0.1, -0.05) is 23.4 Å². The van der Waals surface area contributed by atoms with Gasteiger partial charge in [0.05, 0.1) is 24.9 Å². The van der Waals surface area contributed by atoms with Gasteiger partial charge in [-0.2, -0.15) is 4.98 Å². The maximum absolute atomic E-state index is 12.7. The Balaban J connectivity index is 1.48. The molecule has 1 aromatic heterocycles. The van der Waals surface area contributed by atoms with Crippen LogP contribution in [0.15, 0.2) is 47.0 Å². The molecule has 0 saturated carbocycles. The van der Waals surface area contributed by atoms with Gasteiger partial charge in [-0.15, -0.1) is 0 Å². The van der Waals surface area contributed by atoms with Crippen LogP contribution in [0, 0.1) is 0 Å². The molecule has 0 saturated heterocycles. The third kappa shape index (κ3) is 4.85. The molecular formula is C24H28N4O4. The van der Waals surface area contributed by atoms with Crippen molar-refractivity contribution < 1.29 is 18.8 Å². The average molecular weight is 437 g/mol. The monoisotopic (exact) mass is 436 g/mol. The molecule has 8 heteroatoms. The minimum Gasteiger partial charge on any atom is -0.496 e. The molecule has 1 N–H and O–H groups in total. The van der Waals surface area contributed by atoms with Crippen LogP contribution in [0.3, 0.4) is 0 Å². The van der Waals surface area contributed by atoms with E-state index in [1.807, 2.05) is 63.2 Å². The average Bonchev–Trinajstić information content (AvgIpc) is 3.24. The number of benzene rings is 2. The molecular weight excluding hydrogens is 408 g/mol. The second-order valence-electron chi connectivity index (χ2n) is 8.64. The van der Waals surface area contributed by atoms with Gasteiger partial charge in [0, 0.05) is 12.2 Å². The highest BCUT2D eigenvalue weighted by molar-refractivity contribution is 5.90. The first-order chi connectivity index (χ1) is 15.3. The Hall–Kier alpha value is -3.55. The topological polar surface area (TPSA) is 89.7 Å². The SMILES string of the molecule is COc1ccccc1-c1noc(CNc2ccc3c(c2)N(C(=O)OC(C)(C)C)CCC3)n1. The molecule has 1 amide bonds. The van der Waals surface area contributed by atoms with Crippen molar-refractivity contribution in [3.8, 4) is 17.1 Å². The number of hydrogen-bond acceptors (Lipinski definition) is 7. The Kier molecular flexibility index (Phi) is 6.03. The van der Waals surface area contributed by atoms with Crippen LogP contribution in [0.1, 0.15) is 38.6 Å². The molecule has 0 atom stereocenters. The molecule has 168 valence electrons. The zero-order chi connectivity index (χ0) is 22.7. The first kappa shape index (κ1) is 21.7. The van der Waals surface area contributed by atoms with Gasteiger partial charge >= 0.3 is 6.09 Å². The van der Waals surface area contributed by atoms with Gasteiger partial charge in [0.15, 0.2) is 0 Å². The summed E-state index contributed by atoms with van der Waals surface area (Å²) in [4.78, 5) is 18.9. The zero-order valence-corrected chi connectivity index (χ0v) is 18.8. The fourth-order valence-corrected chi connectivity index (χ4v) is 3.63. The highest BCUT2D eigenvalue weighted by atomic mass is 16.6. The first-order valence-electron chi connectivity index (χ1n) is 10.7. The molecule has 3 aromatic rings. The van der Waals surface area contributed by atoms with Crippen LogP contribution in [-0.2, 0) is 17.7 Å². The second kappa shape index (κ2) is 8.90. The standard InChI is InChI=1S/C24H28N4O4/c1-24(2,3)31-23(29)28-13-7-8-16-11-12-17(14-19(16)28)25-15-21-26-22(27-32-21)18-9-5-6-10-20(18)30-4/h5-6,9-12,14,25H,7-8,13,15H2,1-4H3. The van der Waals surface area contributed by atoms with Crippen LogP contribution in [0.5, 0.6) is 5.75 Å². The summed E-state index contributed by atoms with van der Waals surface area (Å²) in [5.41, 5.74) is 3.09. The third-order valence-electron chi connectivity index (χ3n) is 5.08. The van der Waals surface area contributed by atoms with E-state index in [9.17, 15) is 4.79 Å². The number of para-hydroxylation sites is 1. The van der Waals surface area contributed by atoms with Crippen LogP contribution in [0.4, 0.5) is 16.2 Å². The summed E-state index contributed by atoms with van der Waals surface area (Å²) in [6, 6.07) is 13.5. The molecule has 1 aliphatic heterocycles. The number of rotatable bonds is 5. The van der Waals surface area contributed by atoms with Crippen molar-refractivity contribution >= 4 is 17.5 Å². The van der Waals surface area contributed by atoms with Crippen molar-refractivity contribution in [3.05, 3.63) is 53.9 Å². The summed E-state index contributed by atoms with van der Waals surface area (Å²) in [6.45, 7) is 6.61. The largest absolute Gasteiger partial charge is 0.496 e. The summed E-state index contributed by atoms with van der Waals surface area (Å²) in [5.74, 6) is 1.61. The van der Waals surface area contributed by atoms with E-state index in [0.29, 0.717) is 30.6 Å². The number of methoxy groups -OCH3 is 1. The molecule has 32 heavy (non-hydrogen) atoms. The minimum absolute atomic E-state index is 0.325. The lowest BCUT2D eigenvalue weighted by atomic mass is 10.0. The van der Waals surface area contributed by atoms with Crippen LogP contribution >= 0.6 is 0 Å². The van der Waals surface area contributed by atoms with Crippen LogP contribution in [0.2, 0.25) is 0 Å². The molecule has 4 rings (SSSR count). The summed E-state index contributed by atoms with van der Waals surface area (Å²) in [7, 11) is 1.61. The van der Waals surface area contributed by atoms with E-state index >= 15 is 0 Å². The molecule has 2 heterocycles. The third-order valence-corrected chi connectivity index (χ3v) is 5.08. The normalized spacial score (nSPS) is 13.4. The second-order valence-corrected chi connectivity index (χ2v) is 8.64. The van der Waals surface area contributed by atoms with Crippen molar-refractivity contribution in [2.24, 2.45) is 0 Å². The van der Waals surface area contributed by atoms with Crippen molar-refractivity contribution in [2.75, 3.05) is 23.9 Å². The lowest BCUT2D eigenvalue weighted by Gasteiger charge is -2.32. The van der Waals surface area contributed by atoms with E-state index < -0.39 is 5.60 Å². The number of nitrogens with zero attached hydrogens (tertiary/aromatic N) is 3. The number of hydrogen-bond donors (Lipinski definition) is 1. The highest BCUT2D eigenvalue weighted by Gasteiger charge is 2.27. The number of fused-ring (bicyclic) bond motifs is 1. The molecule has 0 unspecified atom stereocenters. The predicted molar refractivity (Wildman–Crippen MR) is 122 cm³/mol. The molecule has 0 bridgehead atoms. The fourth-order valence-electron chi connectivity index (χ4n) is 3.63. The number of carbonyl (C=O) groups is 1. The van der Waals surface area contributed by atoms with Gasteiger partial charge in [-0.05, 0) is 63.4 Å². The molecule has 0 fully saturated rings. The molecule has 0 aliphatic carbocycles. The van der Waals surface area contributed by atoms with Crippen molar-refractivity contribution in [1.82, 2.24) is 10.1 Å². The van der Waals surface area contributed by atoms with E-state index in [1.165, 1.54) is 0 Å². The van der Waals surface area contributed by atoms with Crippen LogP contribution < -0.4 is 15.0 Å². The Morgan fingerprint density at radius 3 is 2.81 bits per heavy atom. The highest BCUT2D eigenvalue weighted by Crippen LogP contribution is 2.32. The number of amides is 1. The number of anilines is 2. The smallest absolute Gasteiger partial charge is 0.414 e. The molecule has 1 aliphatic rings.